The summed E-state index contributed by atoms with van der Waals surface area (Å²) >= 11 is 0. The molecule has 0 N–H and O–H groups in total. The summed E-state index contributed by atoms with van der Waals surface area (Å²) in [6.45, 7) is 2.14. The van der Waals surface area contributed by atoms with E-state index < -0.39 is 0 Å². The van der Waals surface area contributed by atoms with E-state index in [0.29, 0.717) is 48.4 Å². The van der Waals surface area contributed by atoms with Crippen molar-refractivity contribution in [3.63, 3.8) is 0 Å². The van der Waals surface area contributed by atoms with E-state index in [-0.39, 0.29) is 11.4 Å². The molecule has 162 valence electrons. The lowest BCUT2D eigenvalue weighted by molar-refractivity contribution is 0.277. The Hall–Kier alpha value is -3.29. The average Bonchev–Trinajstić information content (AvgIpc) is 3.55. The van der Waals surface area contributed by atoms with Crippen molar-refractivity contribution in [3.05, 3.63) is 75.3 Å². The molecule has 8 heteroatoms. The van der Waals surface area contributed by atoms with Gasteiger partial charge in [-0.05, 0) is 50.5 Å². The van der Waals surface area contributed by atoms with Crippen molar-refractivity contribution in [3.8, 4) is 11.6 Å². The van der Waals surface area contributed by atoms with E-state index in [9.17, 15) is 9.18 Å². The molecule has 1 aliphatic rings. The maximum absolute atomic E-state index is 13.4. The van der Waals surface area contributed by atoms with Crippen LogP contribution in [0.25, 0.3) is 0 Å². The van der Waals surface area contributed by atoms with E-state index in [0.717, 1.165) is 23.6 Å². The SMILES string of the molecule is COc1ccc([C@H]2C[C@@H]2COc2cc(CCc3ccc(F)c(C)n3)c(=O)n(C)n2)nc1. The molecule has 0 saturated heterocycles. The number of aryl methyl sites for hydroxylation is 4. The first-order chi connectivity index (χ1) is 14.9. The fourth-order valence-electron chi connectivity index (χ4n) is 3.61. The molecule has 0 amide bonds. The van der Waals surface area contributed by atoms with Crippen LogP contribution in [-0.4, -0.2) is 33.5 Å². The van der Waals surface area contributed by atoms with Crippen LogP contribution < -0.4 is 15.0 Å². The highest BCUT2D eigenvalue weighted by Crippen LogP contribution is 2.46. The lowest BCUT2D eigenvalue weighted by Gasteiger charge is -2.09. The van der Waals surface area contributed by atoms with E-state index in [1.165, 1.54) is 10.7 Å². The van der Waals surface area contributed by atoms with Crippen LogP contribution in [0.2, 0.25) is 0 Å². The first-order valence-electron chi connectivity index (χ1n) is 10.3. The molecule has 31 heavy (non-hydrogen) atoms. The van der Waals surface area contributed by atoms with Crippen LogP contribution in [0.15, 0.2) is 41.3 Å². The molecule has 0 bridgehead atoms. The van der Waals surface area contributed by atoms with Gasteiger partial charge in [-0.25, -0.2) is 9.07 Å². The van der Waals surface area contributed by atoms with E-state index in [1.54, 1.807) is 39.4 Å². The Morgan fingerprint density at radius 2 is 2.06 bits per heavy atom. The zero-order chi connectivity index (χ0) is 22.0. The number of methoxy groups -OCH3 is 1. The minimum absolute atomic E-state index is 0.169. The van der Waals surface area contributed by atoms with Crippen molar-refractivity contribution >= 4 is 0 Å². The summed E-state index contributed by atoms with van der Waals surface area (Å²) in [4.78, 5) is 21.1. The highest BCUT2D eigenvalue weighted by atomic mass is 19.1. The van der Waals surface area contributed by atoms with Crippen LogP contribution in [0.3, 0.4) is 0 Å². The molecule has 3 aromatic heterocycles. The standard InChI is InChI=1S/C23H25FN4O3/c1-14-20(24)8-6-17(26-14)5-4-15-11-22(27-28(2)23(15)29)31-13-16-10-19(16)21-9-7-18(30-3)12-25-21/h6-9,11-12,16,19H,4-5,10,13H2,1-3H3/t16-,19+/m1/s1. The molecule has 7 nitrogen and oxygen atoms in total. The van der Waals surface area contributed by atoms with E-state index in [2.05, 4.69) is 15.1 Å². The van der Waals surface area contributed by atoms with Crippen LogP contribution in [0, 0.1) is 18.7 Å². The molecule has 0 radical (unpaired) electrons. The zero-order valence-electron chi connectivity index (χ0n) is 17.8. The lowest BCUT2D eigenvalue weighted by Crippen LogP contribution is -2.24. The first-order valence-corrected chi connectivity index (χ1v) is 10.3. The third-order valence-corrected chi connectivity index (χ3v) is 5.59. The second kappa shape index (κ2) is 8.83. The van der Waals surface area contributed by atoms with Gasteiger partial charge in [0.25, 0.3) is 5.56 Å². The summed E-state index contributed by atoms with van der Waals surface area (Å²) in [7, 11) is 3.23. The largest absolute Gasteiger partial charge is 0.495 e. The number of nitrogens with zero attached hydrogens (tertiary/aromatic N) is 4. The van der Waals surface area contributed by atoms with Crippen LogP contribution in [0.5, 0.6) is 11.6 Å². The molecule has 2 atom stereocenters. The summed E-state index contributed by atoms with van der Waals surface area (Å²) in [5, 5.41) is 4.22. The smallest absolute Gasteiger partial charge is 0.269 e. The summed E-state index contributed by atoms with van der Waals surface area (Å²) in [5.41, 5.74) is 2.56. The number of rotatable bonds is 8. The molecule has 3 aromatic rings. The maximum atomic E-state index is 13.4. The van der Waals surface area contributed by atoms with Crippen molar-refractivity contribution in [1.29, 1.82) is 0 Å². The topological polar surface area (TPSA) is 79.1 Å². The minimum Gasteiger partial charge on any atom is -0.495 e. The predicted octanol–water partition coefficient (Wildman–Crippen LogP) is 2.99. The van der Waals surface area contributed by atoms with Gasteiger partial charge >= 0.3 is 0 Å². The lowest BCUT2D eigenvalue weighted by atomic mass is 10.1. The molecule has 1 saturated carbocycles. The maximum Gasteiger partial charge on any atom is 0.269 e. The molecular weight excluding hydrogens is 399 g/mol. The quantitative estimate of drug-likeness (QED) is 0.553. The number of hydrogen-bond donors (Lipinski definition) is 0. The van der Waals surface area contributed by atoms with Gasteiger partial charge in [0.15, 0.2) is 0 Å². The highest BCUT2D eigenvalue weighted by molar-refractivity contribution is 5.26. The van der Waals surface area contributed by atoms with Crippen molar-refractivity contribution in [1.82, 2.24) is 19.7 Å². The number of halogens is 1. The van der Waals surface area contributed by atoms with Gasteiger partial charge in [-0.2, -0.15) is 0 Å². The van der Waals surface area contributed by atoms with Crippen molar-refractivity contribution < 1.29 is 13.9 Å². The molecule has 0 aliphatic heterocycles. The van der Waals surface area contributed by atoms with Gasteiger partial charge in [0.2, 0.25) is 5.88 Å². The van der Waals surface area contributed by atoms with Gasteiger partial charge in [0.05, 0.1) is 25.6 Å². The normalized spacial score (nSPS) is 17.4. The number of hydrogen-bond acceptors (Lipinski definition) is 6. The summed E-state index contributed by atoms with van der Waals surface area (Å²) in [5.74, 6) is 1.57. The fraction of sp³-hybridized carbons (Fsp3) is 0.391. The monoisotopic (exact) mass is 424 g/mol. The molecule has 1 fully saturated rings. The summed E-state index contributed by atoms with van der Waals surface area (Å²) < 4.78 is 25.8. The fourth-order valence-corrected chi connectivity index (χ4v) is 3.61. The van der Waals surface area contributed by atoms with Crippen LogP contribution in [-0.2, 0) is 19.9 Å². The van der Waals surface area contributed by atoms with Crippen LogP contribution in [0.4, 0.5) is 4.39 Å². The minimum atomic E-state index is -0.331. The van der Waals surface area contributed by atoms with Crippen molar-refractivity contribution in [2.75, 3.05) is 13.7 Å². The Labute approximate surface area is 179 Å². The van der Waals surface area contributed by atoms with Gasteiger partial charge in [-0.15, -0.1) is 5.10 Å². The van der Waals surface area contributed by atoms with Gasteiger partial charge in [0, 0.05) is 41.9 Å². The third kappa shape index (κ3) is 4.90. The van der Waals surface area contributed by atoms with E-state index in [1.807, 2.05) is 12.1 Å². The molecule has 1 aliphatic carbocycles. The van der Waals surface area contributed by atoms with Crippen molar-refractivity contribution in [2.45, 2.75) is 32.1 Å². The Bertz CT molecular complexity index is 1130. The highest BCUT2D eigenvalue weighted by Gasteiger charge is 2.40. The summed E-state index contributed by atoms with van der Waals surface area (Å²) in [6.07, 6.45) is 3.75. The number of aromatic nitrogens is 4. The Morgan fingerprint density at radius 1 is 1.23 bits per heavy atom. The molecule has 4 rings (SSSR count). The zero-order valence-corrected chi connectivity index (χ0v) is 17.8. The molecule has 0 unspecified atom stereocenters. The molecule has 3 heterocycles. The number of ether oxygens (including phenoxy) is 2. The first kappa shape index (κ1) is 21.0. The number of pyridine rings is 2. The van der Waals surface area contributed by atoms with Crippen LogP contribution >= 0.6 is 0 Å². The van der Waals surface area contributed by atoms with Gasteiger partial charge in [-0.3, -0.25) is 14.8 Å². The second-order valence-electron chi connectivity index (χ2n) is 7.84. The molecule has 0 spiro atoms. The summed E-state index contributed by atoms with van der Waals surface area (Å²) in [6, 6.07) is 8.64. The molecular formula is C23H25FN4O3. The Morgan fingerprint density at radius 3 is 2.77 bits per heavy atom. The van der Waals surface area contributed by atoms with Gasteiger partial charge in [-0.1, -0.05) is 0 Å². The van der Waals surface area contributed by atoms with E-state index in [4.69, 9.17) is 9.47 Å². The Balaban J connectivity index is 1.37. The Kier molecular flexibility index (Phi) is 5.97. The van der Waals surface area contributed by atoms with Crippen LogP contribution in [0.1, 0.15) is 35.0 Å². The van der Waals surface area contributed by atoms with E-state index >= 15 is 0 Å². The third-order valence-electron chi connectivity index (χ3n) is 5.59. The van der Waals surface area contributed by atoms with Crippen molar-refractivity contribution in [2.24, 2.45) is 13.0 Å². The van der Waals surface area contributed by atoms with Gasteiger partial charge < -0.3 is 9.47 Å². The molecule has 0 aromatic carbocycles. The predicted molar refractivity (Wildman–Crippen MR) is 113 cm³/mol. The average molecular weight is 424 g/mol. The van der Waals surface area contributed by atoms with Gasteiger partial charge in [0.1, 0.15) is 11.6 Å². The second-order valence-corrected chi connectivity index (χ2v) is 7.84.